The van der Waals surface area contributed by atoms with Crippen LogP contribution in [0.1, 0.15) is 5.69 Å². The van der Waals surface area contributed by atoms with E-state index in [0.29, 0.717) is 0 Å². The van der Waals surface area contributed by atoms with Gasteiger partial charge < -0.3 is 5.73 Å². The summed E-state index contributed by atoms with van der Waals surface area (Å²) in [5.41, 5.74) is 8.74. The fourth-order valence-corrected chi connectivity index (χ4v) is 1.77. The first kappa shape index (κ1) is 8.56. The molecule has 1 heterocycles. The molecule has 0 unspecified atom stereocenters. The summed E-state index contributed by atoms with van der Waals surface area (Å²) in [7, 11) is 1.92. The first-order chi connectivity index (χ1) is 6.11. The Morgan fingerprint density at radius 2 is 2.15 bits per heavy atom. The minimum absolute atomic E-state index is 0.767. The van der Waals surface area contributed by atoms with Crippen molar-refractivity contribution in [2.75, 3.05) is 5.73 Å². The zero-order chi connectivity index (χ0) is 9.59. The topological polar surface area (TPSA) is 43.8 Å². The summed E-state index contributed by atoms with van der Waals surface area (Å²) >= 11 is 3.40. The highest BCUT2D eigenvalue weighted by Gasteiger charge is 2.09. The van der Waals surface area contributed by atoms with Crippen molar-refractivity contribution in [2.24, 2.45) is 7.05 Å². The number of halogens is 1. The lowest BCUT2D eigenvalue weighted by molar-refractivity contribution is 0.751. The van der Waals surface area contributed by atoms with Crippen LogP contribution in [0, 0.1) is 6.92 Å². The molecule has 0 aliphatic heterocycles. The molecule has 3 nitrogen and oxygen atoms in total. The molecule has 0 saturated heterocycles. The van der Waals surface area contributed by atoms with Crippen molar-refractivity contribution in [2.45, 2.75) is 6.92 Å². The van der Waals surface area contributed by atoms with Gasteiger partial charge in [0.15, 0.2) is 0 Å². The fourth-order valence-electron chi connectivity index (χ4n) is 1.44. The number of aromatic nitrogens is 2. The van der Waals surface area contributed by atoms with Gasteiger partial charge in [-0.25, -0.2) is 0 Å². The summed E-state index contributed by atoms with van der Waals surface area (Å²) < 4.78 is 2.77. The van der Waals surface area contributed by atoms with Crippen LogP contribution in [0.5, 0.6) is 0 Å². The van der Waals surface area contributed by atoms with E-state index in [1.807, 2.05) is 30.8 Å². The molecule has 0 spiro atoms. The molecule has 68 valence electrons. The number of anilines is 1. The van der Waals surface area contributed by atoms with Crippen LogP contribution < -0.4 is 5.73 Å². The normalized spacial score (nSPS) is 11.0. The molecule has 1 aromatic heterocycles. The maximum absolute atomic E-state index is 5.93. The summed E-state index contributed by atoms with van der Waals surface area (Å²) in [4.78, 5) is 0. The maximum atomic E-state index is 5.93. The maximum Gasteiger partial charge on any atom is 0.0947 e. The summed E-state index contributed by atoms with van der Waals surface area (Å²) in [6.45, 7) is 2.01. The number of benzene rings is 1. The van der Waals surface area contributed by atoms with Gasteiger partial charge in [-0.2, -0.15) is 5.10 Å². The van der Waals surface area contributed by atoms with Crippen LogP contribution in [-0.4, -0.2) is 9.78 Å². The van der Waals surface area contributed by atoms with Gasteiger partial charge in [-0.3, -0.25) is 4.68 Å². The van der Waals surface area contributed by atoms with Crippen LogP contribution in [0.2, 0.25) is 0 Å². The number of rotatable bonds is 0. The fraction of sp³-hybridized carbons (Fsp3) is 0.222. The predicted octanol–water partition coefficient (Wildman–Crippen LogP) is 2.23. The highest BCUT2D eigenvalue weighted by Crippen LogP contribution is 2.30. The van der Waals surface area contributed by atoms with E-state index in [0.717, 1.165) is 26.8 Å². The van der Waals surface area contributed by atoms with Crippen LogP contribution in [0.25, 0.3) is 10.9 Å². The average Bonchev–Trinajstić information content (AvgIpc) is 2.37. The van der Waals surface area contributed by atoms with E-state index in [1.54, 1.807) is 0 Å². The van der Waals surface area contributed by atoms with Crippen molar-refractivity contribution in [1.29, 1.82) is 0 Å². The second-order valence-electron chi connectivity index (χ2n) is 3.06. The third-order valence-corrected chi connectivity index (χ3v) is 2.97. The molecule has 2 N–H and O–H groups in total. The van der Waals surface area contributed by atoms with Gasteiger partial charge in [0, 0.05) is 22.6 Å². The lowest BCUT2D eigenvalue weighted by Gasteiger charge is -1.99. The standard InChI is InChI=1S/C9H10BrN3/c1-5-8-7(12-13(5)2)4-3-6(10)9(8)11/h3-4H,11H2,1-2H3. The van der Waals surface area contributed by atoms with Gasteiger partial charge >= 0.3 is 0 Å². The van der Waals surface area contributed by atoms with Crippen molar-refractivity contribution >= 4 is 32.5 Å². The summed E-state index contributed by atoms with van der Waals surface area (Å²) in [6.07, 6.45) is 0. The Labute approximate surface area is 84.7 Å². The Hall–Kier alpha value is -1.03. The number of hydrogen-bond acceptors (Lipinski definition) is 2. The molecule has 0 saturated carbocycles. The van der Waals surface area contributed by atoms with Crippen LogP contribution in [0.15, 0.2) is 16.6 Å². The molecule has 0 radical (unpaired) electrons. The molecule has 13 heavy (non-hydrogen) atoms. The van der Waals surface area contributed by atoms with Gasteiger partial charge in [0.1, 0.15) is 0 Å². The van der Waals surface area contributed by atoms with E-state index in [1.165, 1.54) is 0 Å². The third-order valence-electron chi connectivity index (χ3n) is 2.28. The second kappa shape index (κ2) is 2.73. The molecule has 4 heteroatoms. The molecular weight excluding hydrogens is 230 g/mol. The Balaban J connectivity index is 2.97. The van der Waals surface area contributed by atoms with E-state index >= 15 is 0 Å². The highest BCUT2D eigenvalue weighted by atomic mass is 79.9. The van der Waals surface area contributed by atoms with Crippen LogP contribution >= 0.6 is 15.9 Å². The van der Waals surface area contributed by atoms with Gasteiger partial charge in [0.25, 0.3) is 0 Å². The number of fused-ring (bicyclic) bond motifs is 1. The lowest BCUT2D eigenvalue weighted by atomic mass is 10.2. The first-order valence-corrected chi connectivity index (χ1v) is 4.78. The van der Waals surface area contributed by atoms with Gasteiger partial charge in [-0.1, -0.05) is 0 Å². The summed E-state index contributed by atoms with van der Waals surface area (Å²) in [6, 6.07) is 3.88. The van der Waals surface area contributed by atoms with E-state index in [4.69, 9.17) is 5.73 Å². The van der Waals surface area contributed by atoms with Gasteiger partial charge in [-0.15, -0.1) is 0 Å². The van der Waals surface area contributed by atoms with E-state index in [9.17, 15) is 0 Å². The number of nitrogens with two attached hydrogens (primary N) is 1. The quantitative estimate of drug-likeness (QED) is 0.717. The molecule has 2 aromatic rings. The first-order valence-electron chi connectivity index (χ1n) is 3.98. The van der Waals surface area contributed by atoms with Gasteiger partial charge in [-0.05, 0) is 35.0 Å². The zero-order valence-corrected chi connectivity index (χ0v) is 9.09. The summed E-state index contributed by atoms with van der Waals surface area (Å²) in [5.74, 6) is 0. The van der Waals surface area contributed by atoms with Crippen molar-refractivity contribution in [3.8, 4) is 0 Å². The van der Waals surface area contributed by atoms with Gasteiger partial charge in [0.05, 0.1) is 11.2 Å². The smallest absolute Gasteiger partial charge is 0.0947 e. The molecule has 1 aromatic carbocycles. The molecule has 2 rings (SSSR count). The number of aryl methyl sites for hydroxylation is 2. The van der Waals surface area contributed by atoms with E-state index < -0.39 is 0 Å². The van der Waals surface area contributed by atoms with Crippen molar-refractivity contribution < 1.29 is 0 Å². The molecule has 0 atom stereocenters. The Bertz CT molecular complexity index is 473. The Morgan fingerprint density at radius 1 is 1.46 bits per heavy atom. The molecule has 0 bridgehead atoms. The third kappa shape index (κ3) is 1.13. The van der Waals surface area contributed by atoms with E-state index in [2.05, 4.69) is 21.0 Å². The Kier molecular flexibility index (Phi) is 1.80. The SMILES string of the molecule is Cc1c2c(N)c(Br)ccc2nn1C. The number of nitrogens with zero attached hydrogens (tertiary/aromatic N) is 2. The molecule has 0 amide bonds. The predicted molar refractivity (Wildman–Crippen MR) is 57.6 cm³/mol. The average molecular weight is 240 g/mol. The molecule has 0 aliphatic carbocycles. The lowest BCUT2D eigenvalue weighted by Crippen LogP contribution is -1.92. The highest BCUT2D eigenvalue weighted by molar-refractivity contribution is 9.10. The largest absolute Gasteiger partial charge is 0.397 e. The minimum Gasteiger partial charge on any atom is -0.397 e. The monoisotopic (exact) mass is 239 g/mol. The van der Waals surface area contributed by atoms with Crippen LogP contribution in [0.3, 0.4) is 0 Å². The molecule has 0 aliphatic rings. The van der Waals surface area contributed by atoms with Crippen LogP contribution in [0.4, 0.5) is 5.69 Å². The van der Waals surface area contributed by atoms with Crippen molar-refractivity contribution in [1.82, 2.24) is 9.78 Å². The summed E-state index contributed by atoms with van der Waals surface area (Å²) in [5, 5.41) is 5.37. The van der Waals surface area contributed by atoms with E-state index in [-0.39, 0.29) is 0 Å². The second-order valence-corrected chi connectivity index (χ2v) is 3.92. The number of nitrogen functional groups attached to an aromatic ring is 1. The Morgan fingerprint density at radius 3 is 2.85 bits per heavy atom. The zero-order valence-electron chi connectivity index (χ0n) is 7.50. The van der Waals surface area contributed by atoms with Crippen molar-refractivity contribution in [3.05, 3.63) is 22.3 Å². The number of hydrogen-bond donors (Lipinski definition) is 1. The van der Waals surface area contributed by atoms with Gasteiger partial charge in [0.2, 0.25) is 0 Å². The molecule has 0 fully saturated rings. The van der Waals surface area contributed by atoms with Crippen molar-refractivity contribution in [3.63, 3.8) is 0 Å². The minimum atomic E-state index is 0.767. The van der Waals surface area contributed by atoms with Crippen LogP contribution in [-0.2, 0) is 7.05 Å². The molecular formula is C9H10BrN3.